The molecule has 0 unspecified atom stereocenters. The fourth-order valence-electron chi connectivity index (χ4n) is 1.67. The van der Waals surface area contributed by atoms with Gasteiger partial charge in [-0.25, -0.2) is 19.2 Å². The van der Waals surface area contributed by atoms with Gasteiger partial charge in [-0.2, -0.15) is 4.98 Å². The minimum atomic E-state index is -3.18. The van der Waals surface area contributed by atoms with Gasteiger partial charge in [0, 0.05) is 17.7 Å². The molecule has 0 aliphatic rings. The van der Waals surface area contributed by atoms with Gasteiger partial charge in [0.1, 0.15) is 10.6 Å². The summed E-state index contributed by atoms with van der Waals surface area (Å²) in [6.07, 6.45) is 1.23. The zero-order valence-corrected chi connectivity index (χ0v) is 14.0. The number of fused-ring (bicyclic) bond motifs is 1. The van der Waals surface area contributed by atoms with Crippen molar-refractivity contribution in [2.45, 2.75) is 25.5 Å². The first-order chi connectivity index (χ1) is 9.64. The first kappa shape index (κ1) is 15.9. The highest BCUT2D eigenvalue weighted by Crippen LogP contribution is 2.30. The van der Waals surface area contributed by atoms with Crippen LogP contribution in [0.3, 0.4) is 0 Å². The van der Waals surface area contributed by atoms with Gasteiger partial charge in [0.15, 0.2) is 9.84 Å². The van der Waals surface area contributed by atoms with Crippen molar-refractivity contribution in [3.8, 4) is 0 Å². The Hall–Kier alpha value is -1.45. The predicted octanol–water partition coefficient (Wildman–Crippen LogP) is 1.52. The summed E-state index contributed by atoms with van der Waals surface area (Å²) in [4.78, 5) is 10.5. The van der Waals surface area contributed by atoms with Crippen molar-refractivity contribution in [1.29, 1.82) is 0 Å². The summed E-state index contributed by atoms with van der Waals surface area (Å²) in [5, 5.41) is 3.97. The fraction of sp³-hybridized carbons (Fsp3) is 0.500. The molecule has 0 saturated heterocycles. The number of nitrogen functional groups attached to an aromatic ring is 1. The molecule has 0 bridgehead atoms. The van der Waals surface area contributed by atoms with Crippen LogP contribution in [0, 0.1) is 6.92 Å². The molecule has 0 fully saturated rings. The summed E-state index contributed by atoms with van der Waals surface area (Å²) in [7, 11) is -3.18. The molecule has 116 valence electrons. The molecular weight excluding hydrogens is 310 g/mol. The summed E-state index contributed by atoms with van der Waals surface area (Å²) >= 11 is 1.53. The molecule has 21 heavy (non-hydrogen) atoms. The number of sulfone groups is 1. The molecule has 4 N–H and O–H groups in total. The van der Waals surface area contributed by atoms with E-state index in [-0.39, 0.29) is 6.54 Å². The van der Waals surface area contributed by atoms with Gasteiger partial charge < -0.3 is 5.32 Å². The lowest BCUT2D eigenvalue weighted by Crippen LogP contribution is -2.38. The minimum absolute atomic E-state index is 0.247. The van der Waals surface area contributed by atoms with Crippen molar-refractivity contribution >= 4 is 43.2 Å². The minimum Gasteiger partial charge on any atom is -0.368 e. The Balaban J connectivity index is 2.38. The molecule has 0 aromatic carbocycles. The van der Waals surface area contributed by atoms with Crippen molar-refractivity contribution in [1.82, 2.24) is 9.97 Å². The number of anilines is 2. The van der Waals surface area contributed by atoms with E-state index in [4.69, 9.17) is 5.84 Å². The van der Waals surface area contributed by atoms with Crippen LogP contribution in [0.5, 0.6) is 0 Å². The van der Waals surface area contributed by atoms with Crippen LogP contribution in [-0.2, 0) is 9.84 Å². The van der Waals surface area contributed by atoms with Crippen LogP contribution in [-0.4, -0.2) is 35.9 Å². The molecule has 2 heterocycles. The van der Waals surface area contributed by atoms with Crippen LogP contribution in [0.15, 0.2) is 6.07 Å². The quantitative estimate of drug-likeness (QED) is 0.563. The van der Waals surface area contributed by atoms with E-state index in [9.17, 15) is 8.42 Å². The maximum Gasteiger partial charge on any atom is 0.240 e. The van der Waals surface area contributed by atoms with Gasteiger partial charge in [0.05, 0.1) is 10.1 Å². The fourth-order valence-corrected chi connectivity index (χ4v) is 2.88. The number of nitrogens with zero attached hydrogens (tertiary/aromatic N) is 2. The second-order valence-corrected chi connectivity index (χ2v) is 9.39. The molecule has 0 amide bonds. The number of nitrogens with one attached hydrogen (secondary N) is 2. The average Bonchev–Trinajstić information content (AvgIpc) is 2.74. The maximum atomic E-state index is 11.8. The molecule has 2 aromatic rings. The highest BCUT2D eigenvalue weighted by atomic mass is 32.2. The Morgan fingerprint density at radius 2 is 2.05 bits per heavy atom. The van der Waals surface area contributed by atoms with E-state index in [0.29, 0.717) is 11.8 Å². The smallest absolute Gasteiger partial charge is 0.240 e. The first-order valence-corrected chi connectivity index (χ1v) is 9.03. The van der Waals surface area contributed by atoms with Gasteiger partial charge in [-0.1, -0.05) is 0 Å². The lowest BCUT2D eigenvalue weighted by molar-refractivity contribution is 0.559. The molecule has 0 saturated carbocycles. The monoisotopic (exact) mass is 329 g/mol. The maximum absolute atomic E-state index is 11.8. The molecule has 0 aliphatic heterocycles. The molecule has 2 aromatic heterocycles. The van der Waals surface area contributed by atoms with Crippen LogP contribution < -0.4 is 16.6 Å². The summed E-state index contributed by atoms with van der Waals surface area (Å²) < 4.78 is 22.6. The normalized spacial score (nSPS) is 12.6. The number of aromatic nitrogens is 2. The average molecular weight is 329 g/mol. The Labute approximate surface area is 127 Å². The standard InChI is InChI=1S/C12H19N5O2S2/c1-7-5-8-9(14-6-12(2,3)21(4,18)19)15-11(17-13)16-10(8)20-7/h5H,6,13H2,1-4H3,(H2,14,15,16,17). The van der Waals surface area contributed by atoms with Crippen LogP contribution in [0.1, 0.15) is 18.7 Å². The summed E-state index contributed by atoms with van der Waals surface area (Å²) in [6.45, 7) is 5.58. The zero-order valence-electron chi connectivity index (χ0n) is 12.4. The first-order valence-electron chi connectivity index (χ1n) is 6.32. The lowest BCUT2D eigenvalue weighted by atomic mass is 10.2. The predicted molar refractivity (Wildman–Crippen MR) is 87.4 cm³/mol. The third-order valence-electron chi connectivity index (χ3n) is 3.33. The van der Waals surface area contributed by atoms with Crippen molar-refractivity contribution in [3.63, 3.8) is 0 Å². The topological polar surface area (TPSA) is 110 Å². The summed E-state index contributed by atoms with van der Waals surface area (Å²) in [5.41, 5.74) is 2.42. The number of hydrazine groups is 1. The molecular formula is C12H19N5O2S2. The molecule has 0 atom stereocenters. The molecule has 0 radical (unpaired) electrons. The Kier molecular flexibility index (Phi) is 4.09. The van der Waals surface area contributed by atoms with Crippen molar-refractivity contribution < 1.29 is 8.42 Å². The molecule has 7 nitrogen and oxygen atoms in total. The van der Waals surface area contributed by atoms with E-state index in [2.05, 4.69) is 20.7 Å². The molecule has 0 spiro atoms. The van der Waals surface area contributed by atoms with E-state index in [0.717, 1.165) is 15.1 Å². The van der Waals surface area contributed by atoms with Gasteiger partial charge >= 0.3 is 0 Å². The third kappa shape index (κ3) is 3.25. The molecule has 9 heteroatoms. The van der Waals surface area contributed by atoms with Crippen LogP contribution >= 0.6 is 11.3 Å². The van der Waals surface area contributed by atoms with Crippen LogP contribution in [0.2, 0.25) is 0 Å². The van der Waals surface area contributed by atoms with Crippen molar-refractivity contribution in [2.24, 2.45) is 5.84 Å². The van der Waals surface area contributed by atoms with Gasteiger partial charge in [-0.15, -0.1) is 11.3 Å². The van der Waals surface area contributed by atoms with E-state index in [1.54, 1.807) is 13.8 Å². The number of rotatable bonds is 5. The van der Waals surface area contributed by atoms with Gasteiger partial charge in [0.2, 0.25) is 5.95 Å². The largest absolute Gasteiger partial charge is 0.368 e. The zero-order chi connectivity index (χ0) is 15.8. The second-order valence-electron chi connectivity index (χ2n) is 5.50. The second kappa shape index (κ2) is 5.39. The number of thiophene rings is 1. The molecule has 0 aliphatic carbocycles. The summed E-state index contributed by atoms with van der Waals surface area (Å²) in [5.74, 6) is 6.25. The van der Waals surface area contributed by atoms with E-state index < -0.39 is 14.6 Å². The third-order valence-corrected chi connectivity index (χ3v) is 6.43. The van der Waals surface area contributed by atoms with Crippen LogP contribution in [0.25, 0.3) is 10.2 Å². The Bertz CT molecular complexity index is 767. The summed E-state index contributed by atoms with van der Waals surface area (Å²) in [6, 6.07) is 1.97. The Morgan fingerprint density at radius 3 is 2.62 bits per heavy atom. The SMILES string of the molecule is Cc1cc2c(NCC(C)(C)S(C)(=O)=O)nc(NN)nc2s1. The number of nitrogens with two attached hydrogens (primary N) is 1. The van der Waals surface area contributed by atoms with E-state index in [1.807, 2.05) is 13.0 Å². The van der Waals surface area contributed by atoms with E-state index >= 15 is 0 Å². The van der Waals surface area contributed by atoms with Crippen molar-refractivity contribution in [3.05, 3.63) is 10.9 Å². The number of hydrogen-bond donors (Lipinski definition) is 3. The Morgan fingerprint density at radius 1 is 1.38 bits per heavy atom. The van der Waals surface area contributed by atoms with Gasteiger partial charge in [-0.3, -0.25) is 5.43 Å². The lowest BCUT2D eigenvalue weighted by Gasteiger charge is -2.23. The van der Waals surface area contributed by atoms with Crippen LogP contribution in [0.4, 0.5) is 11.8 Å². The number of aryl methyl sites for hydroxylation is 1. The highest BCUT2D eigenvalue weighted by molar-refractivity contribution is 7.92. The van der Waals surface area contributed by atoms with E-state index in [1.165, 1.54) is 17.6 Å². The van der Waals surface area contributed by atoms with Crippen molar-refractivity contribution in [2.75, 3.05) is 23.5 Å². The van der Waals surface area contributed by atoms with Gasteiger partial charge in [-0.05, 0) is 26.8 Å². The molecule has 2 rings (SSSR count). The van der Waals surface area contributed by atoms with Gasteiger partial charge in [0.25, 0.3) is 0 Å². The highest BCUT2D eigenvalue weighted by Gasteiger charge is 2.30. The number of hydrogen-bond acceptors (Lipinski definition) is 8.